The quantitative estimate of drug-likeness (QED) is 0.375. The van der Waals surface area contributed by atoms with Crippen molar-refractivity contribution in [1.82, 2.24) is 14.7 Å². The van der Waals surface area contributed by atoms with Gasteiger partial charge in [-0.25, -0.2) is 4.79 Å². The van der Waals surface area contributed by atoms with Crippen LogP contribution < -0.4 is 0 Å². The molecule has 10 heteroatoms. The second-order valence-electron chi connectivity index (χ2n) is 13.6. The Morgan fingerprint density at radius 1 is 0.929 bits per heavy atom. The monoisotopic (exact) mass is 591 g/mol. The highest BCUT2D eigenvalue weighted by molar-refractivity contribution is 5.77. The first-order valence-electron chi connectivity index (χ1n) is 14.8. The Labute approximate surface area is 247 Å². The molecule has 2 amide bonds. The molecular weight excluding hydrogens is 547 g/mol. The van der Waals surface area contributed by atoms with E-state index in [1.165, 1.54) is 6.07 Å². The van der Waals surface area contributed by atoms with Crippen LogP contribution in [0.15, 0.2) is 46.9 Å². The van der Waals surface area contributed by atoms with E-state index in [1.807, 2.05) is 56.0 Å². The van der Waals surface area contributed by atoms with Crippen LogP contribution in [0.5, 0.6) is 0 Å². The molecule has 0 aliphatic carbocycles. The van der Waals surface area contributed by atoms with Crippen LogP contribution in [0, 0.1) is 11.3 Å². The lowest BCUT2D eigenvalue weighted by molar-refractivity contribution is -0.154. The lowest BCUT2D eigenvalue weighted by atomic mass is 9.82. The number of alkyl halides is 3. The number of ether oxygens (including phenoxy) is 1. The molecule has 1 aromatic heterocycles. The molecule has 1 unspecified atom stereocenters. The molecule has 0 radical (unpaired) electrons. The van der Waals surface area contributed by atoms with Gasteiger partial charge in [-0.3, -0.25) is 9.69 Å². The maximum atomic E-state index is 13.7. The third kappa shape index (κ3) is 7.88. The summed E-state index contributed by atoms with van der Waals surface area (Å²) in [5.41, 5.74) is 0.0193. The van der Waals surface area contributed by atoms with E-state index in [1.54, 1.807) is 4.90 Å². The molecule has 3 heterocycles. The van der Waals surface area contributed by atoms with E-state index >= 15 is 0 Å². The van der Waals surface area contributed by atoms with Gasteiger partial charge in [-0.1, -0.05) is 51.1 Å². The fourth-order valence-corrected chi connectivity index (χ4v) is 5.93. The number of furan rings is 1. The summed E-state index contributed by atoms with van der Waals surface area (Å²) in [6.45, 7) is 14.4. The van der Waals surface area contributed by atoms with E-state index in [2.05, 4.69) is 25.7 Å². The SMILES string of the molecule is CC(C)(C)OC(=O)N1CCC(CC(=O)N2CCN(C(c3ccccc3)c3ccc(C(F)(F)F)o3)C[C@@H]2C(C)(C)C)CC1. The molecule has 2 aliphatic heterocycles. The van der Waals surface area contributed by atoms with Crippen molar-refractivity contribution in [1.29, 1.82) is 0 Å². The van der Waals surface area contributed by atoms with Crippen molar-refractivity contribution in [2.45, 2.75) is 84.7 Å². The van der Waals surface area contributed by atoms with Crippen LogP contribution in [-0.4, -0.2) is 71.1 Å². The fourth-order valence-electron chi connectivity index (χ4n) is 5.93. The molecular formula is C32H44F3N3O4. The van der Waals surface area contributed by atoms with E-state index in [9.17, 15) is 22.8 Å². The van der Waals surface area contributed by atoms with Crippen LogP contribution in [-0.2, 0) is 15.7 Å². The summed E-state index contributed by atoms with van der Waals surface area (Å²) < 4.78 is 51.1. The van der Waals surface area contributed by atoms with Crippen molar-refractivity contribution < 1.29 is 31.9 Å². The summed E-state index contributed by atoms with van der Waals surface area (Å²) in [5.74, 6) is -0.523. The van der Waals surface area contributed by atoms with Crippen LogP contribution in [0.4, 0.5) is 18.0 Å². The second kappa shape index (κ2) is 12.3. The Hall–Kier alpha value is -3.01. The van der Waals surface area contributed by atoms with Crippen LogP contribution in [0.3, 0.4) is 0 Å². The maximum Gasteiger partial charge on any atom is 0.449 e. The summed E-state index contributed by atoms with van der Waals surface area (Å²) in [7, 11) is 0. The fraction of sp³-hybridized carbons (Fsp3) is 0.625. The number of carbonyl (C=O) groups excluding carboxylic acids is 2. The zero-order valence-corrected chi connectivity index (χ0v) is 25.5. The average Bonchev–Trinajstić information content (AvgIpc) is 3.39. The summed E-state index contributed by atoms with van der Waals surface area (Å²) in [5, 5.41) is 0. The number of carbonyl (C=O) groups is 2. The number of amides is 2. The minimum Gasteiger partial charge on any atom is -0.454 e. The van der Waals surface area contributed by atoms with Gasteiger partial charge in [0.25, 0.3) is 0 Å². The Kier molecular flexibility index (Phi) is 9.35. The molecule has 7 nitrogen and oxygen atoms in total. The molecule has 2 atom stereocenters. The zero-order chi connectivity index (χ0) is 30.9. The Balaban J connectivity index is 1.47. The van der Waals surface area contributed by atoms with Crippen molar-refractivity contribution in [3.8, 4) is 0 Å². The number of likely N-dealkylation sites (tertiary alicyclic amines) is 1. The molecule has 0 bridgehead atoms. The topological polar surface area (TPSA) is 66.2 Å². The molecule has 0 spiro atoms. The van der Waals surface area contributed by atoms with E-state index in [0.29, 0.717) is 39.1 Å². The van der Waals surface area contributed by atoms with Gasteiger partial charge in [-0.2, -0.15) is 13.2 Å². The molecule has 2 aliphatic rings. The number of rotatable bonds is 5. The summed E-state index contributed by atoms with van der Waals surface area (Å²) in [6, 6.07) is 11.1. The number of nitrogens with zero attached hydrogens (tertiary/aromatic N) is 3. The van der Waals surface area contributed by atoms with Gasteiger partial charge in [0.1, 0.15) is 11.4 Å². The largest absolute Gasteiger partial charge is 0.454 e. The molecule has 42 heavy (non-hydrogen) atoms. The van der Waals surface area contributed by atoms with Crippen molar-refractivity contribution in [2.75, 3.05) is 32.7 Å². The normalized spacial score (nSPS) is 20.5. The highest BCUT2D eigenvalue weighted by Gasteiger charge is 2.42. The van der Waals surface area contributed by atoms with E-state index in [4.69, 9.17) is 9.15 Å². The van der Waals surface area contributed by atoms with Gasteiger partial charge in [-0.05, 0) is 62.6 Å². The average molecular weight is 592 g/mol. The van der Waals surface area contributed by atoms with Crippen LogP contribution in [0.2, 0.25) is 0 Å². The minimum absolute atomic E-state index is 0.0823. The van der Waals surface area contributed by atoms with Gasteiger partial charge < -0.3 is 19.0 Å². The summed E-state index contributed by atoms with van der Waals surface area (Å²) in [6.07, 6.45) is -3.00. The minimum atomic E-state index is -4.57. The first-order valence-corrected chi connectivity index (χ1v) is 14.8. The smallest absolute Gasteiger partial charge is 0.449 e. The molecule has 4 rings (SSSR count). The molecule has 232 valence electrons. The van der Waals surface area contributed by atoms with Crippen LogP contribution >= 0.6 is 0 Å². The number of piperazine rings is 1. The zero-order valence-electron chi connectivity index (χ0n) is 25.5. The molecule has 0 N–H and O–H groups in total. The number of benzene rings is 1. The molecule has 2 aromatic rings. The van der Waals surface area contributed by atoms with Crippen LogP contribution in [0.25, 0.3) is 0 Å². The third-order valence-electron chi connectivity index (χ3n) is 8.12. The maximum absolute atomic E-state index is 13.7. The van der Waals surface area contributed by atoms with Crippen molar-refractivity contribution in [3.05, 3.63) is 59.5 Å². The predicted octanol–water partition coefficient (Wildman–Crippen LogP) is 6.98. The van der Waals surface area contributed by atoms with Gasteiger partial charge in [0.05, 0.1) is 6.04 Å². The van der Waals surface area contributed by atoms with Gasteiger partial charge in [-0.15, -0.1) is 0 Å². The lowest BCUT2D eigenvalue weighted by Crippen LogP contribution is -2.60. The lowest BCUT2D eigenvalue weighted by Gasteiger charge is -2.49. The van der Waals surface area contributed by atoms with Crippen molar-refractivity contribution in [2.24, 2.45) is 11.3 Å². The molecule has 1 aromatic carbocycles. The first kappa shape index (κ1) is 31.9. The van der Waals surface area contributed by atoms with Gasteiger partial charge >= 0.3 is 12.3 Å². The Morgan fingerprint density at radius 2 is 1.57 bits per heavy atom. The predicted molar refractivity (Wildman–Crippen MR) is 154 cm³/mol. The Morgan fingerprint density at radius 3 is 2.12 bits per heavy atom. The van der Waals surface area contributed by atoms with Crippen molar-refractivity contribution in [3.63, 3.8) is 0 Å². The highest BCUT2D eigenvalue weighted by Crippen LogP contribution is 2.39. The number of hydrogen-bond acceptors (Lipinski definition) is 5. The molecule has 2 fully saturated rings. The summed E-state index contributed by atoms with van der Waals surface area (Å²) >= 11 is 0. The number of hydrogen-bond donors (Lipinski definition) is 0. The van der Waals surface area contributed by atoms with Crippen molar-refractivity contribution >= 4 is 12.0 Å². The first-order chi connectivity index (χ1) is 19.5. The second-order valence-corrected chi connectivity index (χ2v) is 13.6. The van der Waals surface area contributed by atoms with Gasteiger partial charge in [0.2, 0.25) is 11.7 Å². The standard InChI is InChI=1S/C32H44F3N3O4/c1-30(2,3)25-21-37(28(23-10-8-7-9-11-23)24-12-13-26(41-24)32(33,34)35)18-19-38(25)27(39)20-22-14-16-36(17-15-22)29(40)42-31(4,5)6/h7-13,22,25,28H,14-21H2,1-6H3/t25-,28?/m1/s1. The number of piperidine rings is 1. The van der Waals surface area contributed by atoms with Gasteiger partial charge in [0, 0.05) is 45.2 Å². The molecule has 2 saturated heterocycles. The number of halogens is 3. The van der Waals surface area contributed by atoms with Gasteiger partial charge in [0.15, 0.2) is 0 Å². The van der Waals surface area contributed by atoms with Crippen LogP contribution in [0.1, 0.15) is 83.9 Å². The summed E-state index contributed by atoms with van der Waals surface area (Å²) in [4.78, 5) is 32.0. The Bertz CT molecular complexity index is 1210. The third-order valence-corrected chi connectivity index (χ3v) is 8.12. The van der Waals surface area contributed by atoms with E-state index in [0.717, 1.165) is 24.5 Å². The van der Waals surface area contributed by atoms with E-state index < -0.39 is 23.6 Å². The highest BCUT2D eigenvalue weighted by atomic mass is 19.4. The molecule has 0 saturated carbocycles. The van der Waals surface area contributed by atoms with E-state index in [-0.39, 0.29) is 35.1 Å².